The number of aliphatic carboxylic acids is 1. The van der Waals surface area contributed by atoms with Crippen molar-refractivity contribution >= 4 is 34.3 Å². The zero-order chi connectivity index (χ0) is 24.7. The van der Waals surface area contributed by atoms with E-state index in [4.69, 9.17) is 14.6 Å². The van der Waals surface area contributed by atoms with Crippen LogP contribution in [0.5, 0.6) is 5.75 Å². The maximum atomic E-state index is 12.3. The van der Waals surface area contributed by atoms with Crippen molar-refractivity contribution in [1.82, 2.24) is 10.3 Å². The van der Waals surface area contributed by atoms with Gasteiger partial charge in [-0.05, 0) is 42.8 Å². The largest absolute Gasteiger partial charge is 0.497 e. The molecule has 2 amide bonds. The highest BCUT2D eigenvalue weighted by Gasteiger charge is 2.38. The Morgan fingerprint density at radius 2 is 1.79 bits per heavy atom. The molecule has 1 aliphatic heterocycles. The fraction of sp³-hybridized carbons (Fsp3) is 0.261. The number of fused-ring (bicyclic) bond motifs is 1. The van der Waals surface area contributed by atoms with E-state index in [0.29, 0.717) is 0 Å². The second-order valence-electron chi connectivity index (χ2n) is 7.41. The van der Waals surface area contributed by atoms with Gasteiger partial charge in [-0.1, -0.05) is 18.2 Å². The van der Waals surface area contributed by atoms with Gasteiger partial charge in [-0.3, -0.25) is 4.98 Å². The van der Waals surface area contributed by atoms with E-state index in [9.17, 15) is 18.0 Å². The fourth-order valence-electron chi connectivity index (χ4n) is 3.48. The van der Waals surface area contributed by atoms with Crippen LogP contribution in [0.15, 0.2) is 60.8 Å². The number of carbonyl (C=O) groups excluding carboxylic acids is 1. The lowest BCUT2D eigenvalue weighted by Gasteiger charge is -2.20. The molecule has 0 bridgehead atoms. The number of carboxylic acid groups (broad SMARTS) is 1. The van der Waals surface area contributed by atoms with Gasteiger partial charge in [-0.15, -0.1) is 0 Å². The van der Waals surface area contributed by atoms with Crippen molar-refractivity contribution in [3.63, 3.8) is 0 Å². The highest BCUT2D eigenvalue weighted by atomic mass is 19.4. The average Bonchev–Trinajstić information content (AvgIpc) is 3.27. The van der Waals surface area contributed by atoms with Gasteiger partial charge in [-0.25, -0.2) is 9.59 Å². The molecule has 1 atom stereocenters. The molecule has 2 heterocycles. The minimum absolute atomic E-state index is 0.107. The first-order valence-corrected chi connectivity index (χ1v) is 10.3. The average molecular weight is 476 g/mol. The Balaban J connectivity index is 0.000000406. The highest BCUT2D eigenvalue weighted by molar-refractivity contribution is 5.92. The number of rotatable bonds is 4. The molecule has 0 saturated carbocycles. The van der Waals surface area contributed by atoms with Crippen LogP contribution in [0, 0.1) is 0 Å². The standard InChI is InChI=1S/C21H22N4O2.C2HF3O2/c1-27-17-8-6-15(7-9-17)23-21(26)24-16-11-13-25(14-16)20-10-12-22-19-5-3-2-4-18(19)20;3-2(4,5)1(6)7/h2-10,12,16H,11,13-14H2,1H3,(H2,23,24,26);(H,6,7). The molecule has 1 unspecified atom stereocenters. The van der Waals surface area contributed by atoms with Crippen molar-refractivity contribution in [2.75, 3.05) is 30.4 Å². The van der Waals surface area contributed by atoms with Crippen LogP contribution >= 0.6 is 0 Å². The number of carbonyl (C=O) groups is 2. The number of nitrogens with one attached hydrogen (secondary N) is 2. The number of urea groups is 1. The molecule has 2 aromatic carbocycles. The van der Waals surface area contributed by atoms with Crippen LogP contribution in [-0.2, 0) is 4.79 Å². The quantitative estimate of drug-likeness (QED) is 0.520. The van der Waals surface area contributed by atoms with Crippen molar-refractivity contribution in [2.45, 2.75) is 18.6 Å². The smallest absolute Gasteiger partial charge is 0.490 e. The molecule has 3 aromatic rings. The number of benzene rings is 2. The number of pyridine rings is 1. The number of ether oxygens (including phenoxy) is 1. The number of anilines is 2. The van der Waals surface area contributed by atoms with Gasteiger partial charge in [0.15, 0.2) is 0 Å². The first-order valence-electron chi connectivity index (χ1n) is 10.3. The van der Waals surface area contributed by atoms with E-state index in [1.807, 2.05) is 54.7 Å². The SMILES string of the molecule is COc1ccc(NC(=O)NC2CCN(c3ccnc4ccccc34)C2)cc1.O=C(O)C(F)(F)F. The van der Waals surface area contributed by atoms with E-state index in [-0.39, 0.29) is 12.1 Å². The maximum absolute atomic E-state index is 12.3. The number of carboxylic acids is 1. The lowest BCUT2D eigenvalue weighted by molar-refractivity contribution is -0.192. The van der Waals surface area contributed by atoms with Crippen LogP contribution < -0.4 is 20.3 Å². The lowest BCUT2D eigenvalue weighted by Crippen LogP contribution is -2.39. The van der Waals surface area contributed by atoms with E-state index in [0.717, 1.165) is 41.9 Å². The third-order valence-electron chi connectivity index (χ3n) is 5.08. The molecule has 180 valence electrons. The van der Waals surface area contributed by atoms with Crippen LogP contribution in [-0.4, -0.2) is 54.5 Å². The van der Waals surface area contributed by atoms with E-state index in [2.05, 4.69) is 26.6 Å². The molecule has 34 heavy (non-hydrogen) atoms. The summed E-state index contributed by atoms with van der Waals surface area (Å²) in [5.74, 6) is -2.00. The molecule has 1 fully saturated rings. The van der Waals surface area contributed by atoms with Crippen molar-refractivity contribution in [2.24, 2.45) is 0 Å². The number of alkyl halides is 3. The molecule has 3 N–H and O–H groups in total. The van der Waals surface area contributed by atoms with Crippen molar-refractivity contribution < 1.29 is 32.6 Å². The Morgan fingerprint density at radius 3 is 2.44 bits per heavy atom. The van der Waals surface area contributed by atoms with Crippen molar-refractivity contribution in [3.8, 4) is 5.75 Å². The molecule has 1 aromatic heterocycles. The number of halogens is 3. The molecule has 4 rings (SSSR count). The van der Waals surface area contributed by atoms with Gasteiger partial charge >= 0.3 is 18.2 Å². The fourth-order valence-corrected chi connectivity index (χ4v) is 3.48. The van der Waals surface area contributed by atoms with E-state index in [1.54, 1.807) is 7.11 Å². The number of para-hydroxylation sites is 1. The first kappa shape index (κ1) is 24.6. The second-order valence-corrected chi connectivity index (χ2v) is 7.41. The predicted molar refractivity (Wildman–Crippen MR) is 121 cm³/mol. The van der Waals surface area contributed by atoms with Gasteiger partial charge in [0.1, 0.15) is 5.75 Å². The number of amides is 2. The Kier molecular flexibility index (Phi) is 7.77. The Hall–Kier alpha value is -4.02. The molecule has 1 saturated heterocycles. The summed E-state index contributed by atoms with van der Waals surface area (Å²) in [6, 6.07) is 17.4. The van der Waals surface area contributed by atoms with Gasteiger partial charge in [0, 0.05) is 42.1 Å². The van der Waals surface area contributed by atoms with Crippen LogP contribution in [0.2, 0.25) is 0 Å². The van der Waals surface area contributed by atoms with Gasteiger partial charge < -0.3 is 25.4 Å². The van der Waals surface area contributed by atoms with Crippen molar-refractivity contribution in [3.05, 3.63) is 60.8 Å². The summed E-state index contributed by atoms with van der Waals surface area (Å²) in [4.78, 5) is 27.9. The van der Waals surface area contributed by atoms with E-state index >= 15 is 0 Å². The summed E-state index contributed by atoms with van der Waals surface area (Å²) >= 11 is 0. The minimum Gasteiger partial charge on any atom is -0.497 e. The molecule has 8 nitrogen and oxygen atoms in total. The third kappa shape index (κ3) is 6.50. The predicted octanol–water partition coefficient (Wildman–Crippen LogP) is 4.28. The van der Waals surface area contributed by atoms with Crippen LogP contribution in [0.4, 0.5) is 29.3 Å². The van der Waals surface area contributed by atoms with Gasteiger partial charge in [0.2, 0.25) is 0 Å². The van der Waals surface area contributed by atoms with E-state index < -0.39 is 12.1 Å². The summed E-state index contributed by atoms with van der Waals surface area (Å²) in [7, 11) is 1.62. The molecule has 0 spiro atoms. The monoisotopic (exact) mass is 476 g/mol. The van der Waals surface area contributed by atoms with Crippen LogP contribution in [0.3, 0.4) is 0 Å². The van der Waals surface area contributed by atoms with Gasteiger partial charge in [-0.2, -0.15) is 13.2 Å². The second kappa shape index (κ2) is 10.7. The minimum atomic E-state index is -5.08. The summed E-state index contributed by atoms with van der Waals surface area (Å²) < 4.78 is 36.9. The summed E-state index contributed by atoms with van der Waals surface area (Å²) in [6.45, 7) is 1.69. The summed E-state index contributed by atoms with van der Waals surface area (Å²) in [6.07, 6.45) is -2.33. The number of hydrogen-bond donors (Lipinski definition) is 3. The number of hydrogen-bond acceptors (Lipinski definition) is 5. The highest BCUT2D eigenvalue weighted by Crippen LogP contribution is 2.28. The topological polar surface area (TPSA) is 104 Å². The normalized spacial score (nSPS) is 15.3. The first-order chi connectivity index (χ1) is 16.2. The van der Waals surface area contributed by atoms with Crippen LogP contribution in [0.25, 0.3) is 10.9 Å². The summed E-state index contributed by atoms with van der Waals surface area (Å²) in [5, 5.41) is 14.2. The number of methoxy groups -OCH3 is 1. The number of aromatic nitrogens is 1. The third-order valence-corrected chi connectivity index (χ3v) is 5.08. The lowest BCUT2D eigenvalue weighted by atomic mass is 10.2. The van der Waals surface area contributed by atoms with Crippen LogP contribution in [0.1, 0.15) is 6.42 Å². The summed E-state index contributed by atoms with van der Waals surface area (Å²) in [5.41, 5.74) is 2.90. The number of nitrogens with zero attached hydrogens (tertiary/aromatic N) is 2. The zero-order valence-electron chi connectivity index (χ0n) is 18.2. The molecule has 0 radical (unpaired) electrons. The molecule has 1 aliphatic rings. The Morgan fingerprint density at radius 1 is 1.12 bits per heavy atom. The van der Waals surface area contributed by atoms with E-state index in [1.165, 1.54) is 5.69 Å². The van der Waals surface area contributed by atoms with Gasteiger partial charge in [0.25, 0.3) is 0 Å². The van der Waals surface area contributed by atoms with Gasteiger partial charge in [0.05, 0.1) is 12.6 Å². The van der Waals surface area contributed by atoms with Crippen molar-refractivity contribution in [1.29, 1.82) is 0 Å². The molecular formula is C23H23F3N4O4. The Bertz CT molecular complexity index is 1130. The maximum Gasteiger partial charge on any atom is 0.490 e. The molecule has 11 heteroatoms. The zero-order valence-corrected chi connectivity index (χ0v) is 18.2. The Labute approximate surface area is 193 Å². The molecular weight excluding hydrogens is 453 g/mol. The molecule has 0 aliphatic carbocycles.